The number of nitrogen functional groups attached to an aromatic ring is 1. The van der Waals surface area contributed by atoms with Crippen molar-refractivity contribution in [3.8, 4) is 0 Å². The van der Waals surface area contributed by atoms with Crippen molar-refractivity contribution >= 4 is 28.5 Å². The highest BCUT2D eigenvalue weighted by atomic mass is 32.2. The molecule has 0 amide bonds. The van der Waals surface area contributed by atoms with Crippen molar-refractivity contribution in [2.75, 3.05) is 5.73 Å². The van der Waals surface area contributed by atoms with Crippen LogP contribution in [0.5, 0.6) is 0 Å². The SMILES string of the molecule is Nc1cccc2cc(SOO[O-])ccc12. The minimum Gasteiger partial charge on any atom is -0.691 e. The zero-order valence-electron chi connectivity index (χ0n) is 7.67. The van der Waals surface area contributed by atoms with E-state index in [1.54, 1.807) is 0 Å². The first-order valence-corrected chi connectivity index (χ1v) is 4.97. The molecule has 0 spiro atoms. The monoisotopic (exact) mass is 222 g/mol. The van der Waals surface area contributed by atoms with E-state index in [0.717, 1.165) is 33.4 Å². The van der Waals surface area contributed by atoms with E-state index in [-0.39, 0.29) is 0 Å². The summed E-state index contributed by atoms with van der Waals surface area (Å²) in [7, 11) is 0. The maximum absolute atomic E-state index is 9.66. The van der Waals surface area contributed by atoms with Gasteiger partial charge in [-0.25, -0.2) is 0 Å². The highest BCUT2D eigenvalue weighted by Gasteiger charge is 2.00. The average molecular weight is 222 g/mol. The fraction of sp³-hybridized carbons (Fsp3) is 0. The number of benzene rings is 2. The molecule has 0 saturated carbocycles. The second-order valence-electron chi connectivity index (χ2n) is 2.95. The molecule has 0 fully saturated rings. The van der Waals surface area contributed by atoms with Crippen molar-refractivity contribution in [3.63, 3.8) is 0 Å². The normalized spacial score (nSPS) is 10.7. The molecule has 5 heteroatoms. The summed E-state index contributed by atoms with van der Waals surface area (Å²) in [5.41, 5.74) is 6.52. The number of rotatable bonds is 3. The van der Waals surface area contributed by atoms with E-state index < -0.39 is 0 Å². The van der Waals surface area contributed by atoms with E-state index in [1.165, 1.54) is 0 Å². The van der Waals surface area contributed by atoms with Crippen LogP contribution in [-0.4, -0.2) is 0 Å². The van der Waals surface area contributed by atoms with Crippen LogP contribution in [-0.2, 0) is 9.37 Å². The highest BCUT2D eigenvalue weighted by Crippen LogP contribution is 2.27. The largest absolute Gasteiger partial charge is 0.691 e. The maximum atomic E-state index is 9.66. The van der Waals surface area contributed by atoms with E-state index in [2.05, 4.69) is 9.37 Å². The van der Waals surface area contributed by atoms with Gasteiger partial charge < -0.3 is 11.0 Å². The van der Waals surface area contributed by atoms with Gasteiger partial charge in [-0.1, -0.05) is 18.2 Å². The number of anilines is 1. The Bertz CT molecular complexity index is 475. The first kappa shape index (κ1) is 10.3. The predicted molar refractivity (Wildman–Crippen MR) is 56.4 cm³/mol. The molecule has 2 aromatic carbocycles. The molecule has 2 N–H and O–H groups in total. The first-order chi connectivity index (χ1) is 7.31. The standard InChI is InChI=1S/C10H9NO3S/c11-10-3-1-2-7-6-8(15-14-13-12)4-5-9(7)10/h1-6,12H,11H2/p-1. The molecule has 15 heavy (non-hydrogen) atoms. The molecule has 0 atom stereocenters. The molecule has 0 bridgehead atoms. The van der Waals surface area contributed by atoms with Crippen molar-refractivity contribution in [2.45, 2.75) is 4.90 Å². The third-order valence-electron chi connectivity index (χ3n) is 2.04. The van der Waals surface area contributed by atoms with Crippen LogP contribution in [0.4, 0.5) is 5.69 Å². The molecular formula is C10H8NO3S-. The lowest BCUT2D eigenvalue weighted by Crippen LogP contribution is -2.00. The quantitative estimate of drug-likeness (QED) is 0.370. The Labute approximate surface area is 90.7 Å². The van der Waals surface area contributed by atoms with Gasteiger partial charge >= 0.3 is 0 Å². The van der Waals surface area contributed by atoms with Crippen LogP contribution in [0.3, 0.4) is 0 Å². The number of nitrogens with two attached hydrogens (primary N) is 1. The van der Waals surface area contributed by atoms with Gasteiger partial charge in [-0.05, 0) is 23.6 Å². The first-order valence-electron chi connectivity index (χ1n) is 4.22. The molecular weight excluding hydrogens is 214 g/mol. The summed E-state index contributed by atoms with van der Waals surface area (Å²) in [5.74, 6) is 0. The molecule has 2 rings (SSSR count). The molecule has 0 saturated heterocycles. The molecule has 0 aromatic heterocycles. The van der Waals surface area contributed by atoms with Gasteiger partial charge in [-0.3, -0.25) is 5.04 Å². The molecule has 78 valence electrons. The molecule has 2 aromatic rings. The number of fused-ring (bicyclic) bond motifs is 1. The topological polar surface area (TPSA) is 67.5 Å². The molecule has 0 radical (unpaired) electrons. The van der Waals surface area contributed by atoms with Crippen LogP contribution in [0.25, 0.3) is 10.8 Å². The zero-order valence-corrected chi connectivity index (χ0v) is 8.49. The second-order valence-corrected chi connectivity index (χ2v) is 3.72. The van der Waals surface area contributed by atoms with Gasteiger partial charge in [0.05, 0.1) is 12.0 Å². The van der Waals surface area contributed by atoms with Gasteiger partial charge in [-0.2, -0.15) is 4.33 Å². The van der Waals surface area contributed by atoms with Crippen LogP contribution in [0.15, 0.2) is 41.3 Å². The van der Waals surface area contributed by atoms with Crippen LogP contribution in [0, 0.1) is 0 Å². The molecule has 0 heterocycles. The van der Waals surface area contributed by atoms with Crippen LogP contribution in [0.2, 0.25) is 0 Å². The van der Waals surface area contributed by atoms with E-state index in [4.69, 9.17) is 5.73 Å². The van der Waals surface area contributed by atoms with Crippen LogP contribution >= 0.6 is 12.0 Å². The van der Waals surface area contributed by atoms with Gasteiger partial charge in [0.2, 0.25) is 0 Å². The summed E-state index contributed by atoms with van der Waals surface area (Å²) >= 11 is 0.866. The van der Waals surface area contributed by atoms with E-state index >= 15 is 0 Å². The van der Waals surface area contributed by atoms with E-state index in [9.17, 15) is 5.26 Å². The summed E-state index contributed by atoms with van der Waals surface area (Å²) < 4.78 is 4.23. The minimum absolute atomic E-state index is 0.727. The van der Waals surface area contributed by atoms with Gasteiger partial charge in [0.1, 0.15) is 0 Å². The Kier molecular flexibility index (Phi) is 3.08. The van der Waals surface area contributed by atoms with Crippen molar-refractivity contribution in [1.82, 2.24) is 0 Å². The lowest BCUT2D eigenvalue weighted by Gasteiger charge is -2.06. The van der Waals surface area contributed by atoms with Crippen molar-refractivity contribution in [1.29, 1.82) is 0 Å². The summed E-state index contributed by atoms with van der Waals surface area (Å²) in [6.07, 6.45) is 0. The predicted octanol–water partition coefficient (Wildman–Crippen LogP) is 1.65. The average Bonchev–Trinajstić information content (AvgIpc) is 2.26. The lowest BCUT2D eigenvalue weighted by molar-refractivity contribution is -0.777. The van der Waals surface area contributed by atoms with Crippen LogP contribution in [0.1, 0.15) is 0 Å². The summed E-state index contributed by atoms with van der Waals surface area (Å²) in [5, 5.41) is 14.9. The molecule has 0 aliphatic carbocycles. The zero-order chi connectivity index (χ0) is 10.7. The maximum Gasteiger partial charge on any atom is 0.0674 e. The molecule has 0 aliphatic rings. The Morgan fingerprint density at radius 3 is 2.87 bits per heavy atom. The summed E-state index contributed by atoms with van der Waals surface area (Å²) in [6, 6.07) is 11.2. The lowest BCUT2D eigenvalue weighted by atomic mass is 10.1. The summed E-state index contributed by atoms with van der Waals surface area (Å²) in [4.78, 5) is 0.781. The molecule has 4 nitrogen and oxygen atoms in total. The number of hydrogen-bond donors (Lipinski definition) is 1. The van der Waals surface area contributed by atoms with Gasteiger partial charge in [0, 0.05) is 16.0 Å². The molecule has 0 unspecified atom stereocenters. The Hall–Kier alpha value is -1.27. The Balaban J connectivity index is 2.39. The van der Waals surface area contributed by atoms with Gasteiger partial charge in [0.15, 0.2) is 0 Å². The van der Waals surface area contributed by atoms with Crippen molar-refractivity contribution in [3.05, 3.63) is 36.4 Å². The minimum atomic E-state index is 0.727. The van der Waals surface area contributed by atoms with E-state index in [1.807, 2.05) is 36.4 Å². The fourth-order valence-corrected chi connectivity index (χ4v) is 1.80. The van der Waals surface area contributed by atoms with Crippen molar-refractivity contribution < 1.29 is 14.6 Å². The van der Waals surface area contributed by atoms with Gasteiger partial charge in [-0.15, -0.1) is 0 Å². The van der Waals surface area contributed by atoms with E-state index in [0.29, 0.717) is 0 Å². The van der Waals surface area contributed by atoms with Crippen LogP contribution < -0.4 is 11.0 Å². The van der Waals surface area contributed by atoms with Gasteiger partial charge in [0.25, 0.3) is 0 Å². The van der Waals surface area contributed by atoms with Crippen molar-refractivity contribution in [2.24, 2.45) is 0 Å². The second kappa shape index (κ2) is 4.50. The molecule has 0 aliphatic heterocycles. The Morgan fingerprint density at radius 2 is 2.07 bits per heavy atom. The fourth-order valence-electron chi connectivity index (χ4n) is 1.39. The smallest absolute Gasteiger partial charge is 0.0674 e. The summed E-state index contributed by atoms with van der Waals surface area (Å²) in [6.45, 7) is 0. The third kappa shape index (κ3) is 2.21. The third-order valence-corrected chi connectivity index (χ3v) is 2.61. The highest BCUT2D eigenvalue weighted by molar-refractivity contribution is 7.94. The number of hydrogen-bond acceptors (Lipinski definition) is 5. The Morgan fingerprint density at radius 1 is 1.20 bits per heavy atom.